The van der Waals surface area contributed by atoms with Crippen molar-refractivity contribution in [3.8, 4) is 5.75 Å². The Kier molecular flexibility index (Phi) is 2.18. The van der Waals surface area contributed by atoms with Crippen LogP contribution in [0.3, 0.4) is 0 Å². The standard InChI is InChI=1S/C12H15NO2/c1-12(2)6-7-15-10-8(11(13)14)4-3-5-9(10)12/h3-5H,6-7H2,1-2H3,(H2,13,14). The summed E-state index contributed by atoms with van der Waals surface area (Å²) in [5, 5.41) is 0. The van der Waals surface area contributed by atoms with E-state index in [1.165, 1.54) is 0 Å². The molecule has 0 aromatic heterocycles. The molecule has 0 spiro atoms. The normalized spacial score (nSPS) is 17.7. The van der Waals surface area contributed by atoms with Crippen LogP contribution < -0.4 is 10.5 Å². The first-order valence-electron chi connectivity index (χ1n) is 5.08. The Labute approximate surface area is 89.2 Å². The molecule has 0 fully saturated rings. The molecular weight excluding hydrogens is 190 g/mol. The van der Waals surface area contributed by atoms with Crippen LogP contribution in [0.5, 0.6) is 5.75 Å². The van der Waals surface area contributed by atoms with Gasteiger partial charge in [0.1, 0.15) is 5.75 Å². The van der Waals surface area contributed by atoms with Gasteiger partial charge in [-0.2, -0.15) is 0 Å². The number of para-hydroxylation sites is 1. The van der Waals surface area contributed by atoms with Crippen molar-refractivity contribution in [3.63, 3.8) is 0 Å². The molecule has 1 aliphatic heterocycles. The Bertz CT molecular complexity index is 410. The number of amides is 1. The fraction of sp³-hybridized carbons (Fsp3) is 0.417. The van der Waals surface area contributed by atoms with Gasteiger partial charge in [-0.15, -0.1) is 0 Å². The second-order valence-electron chi connectivity index (χ2n) is 4.53. The van der Waals surface area contributed by atoms with Crippen molar-refractivity contribution in [2.75, 3.05) is 6.61 Å². The van der Waals surface area contributed by atoms with Gasteiger partial charge >= 0.3 is 0 Å². The number of nitrogens with two attached hydrogens (primary N) is 1. The molecule has 15 heavy (non-hydrogen) atoms. The lowest BCUT2D eigenvalue weighted by molar-refractivity contribution is 0.0994. The number of carbonyl (C=O) groups excluding carboxylic acids is 1. The lowest BCUT2D eigenvalue weighted by Gasteiger charge is -2.33. The van der Waals surface area contributed by atoms with Crippen LogP contribution in [0.1, 0.15) is 36.2 Å². The molecule has 0 bridgehead atoms. The minimum absolute atomic E-state index is 0.0546. The average molecular weight is 205 g/mol. The van der Waals surface area contributed by atoms with Crippen LogP contribution in [0.25, 0.3) is 0 Å². The van der Waals surface area contributed by atoms with E-state index in [4.69, 9.17) is 10.5 Å². The van der Waals surface area contributed by atoms with E-state index in [1.807, 2.05) is 12.1 Å². The Morgan fingerprint density at radius 3 is 2.87 bits per heavy atom. The van der Waals surface area contributed by atoms with E-state index < -0.39 is 5.91 Å². The molecule has 0 aliphatic carbocycles. The second-order valence-corrected chi connectivity index (χ2v) is 4.53. The second kappa shape index (κ2) is 3.26. The van der Waals surface area contributed by atoms with E-state index in [0.29, 0.717) is 17.9 Å². The monoisotopic (exact) mass is 205 g/mol. The van der Waals surface area contributed by atoms with Gasteiger partial charge in [-0.05, 0) is 17.9 Å². The van der Waals surface area contributed by atoms with E-state index in [1.54, 1.807) is 6.07 Å². The Hall–Kier alpha value is -1.51. The summed E-state index contributed by atoms with van der Waals surface area (Å²) in [5.74, 6) is 0.241. The fourth-order valence-electron chi connectivity index (χ4n) is 1.96. The van der Waals surface area contributed by atoms with Gasteiger partial charge in [0.25, 0.3) is 5.91 Å². The first kappa shape index (κ1) is 10.0. The summed E-state index contributed by atoms with van der Waals surface area (Å²) in [7, 11) is 0. The highest BCUT2D eigenvalue weighted by atomic mass is 16.5. The molecule has 0 atom stereocenters. The van der Waals surface area contributed by atoms with Crippen molar-refractivity contribution in [1.82, 2.24) is 0 Å². The van der Waals surface area contributed by atoms with E-state index in [9.17, 15) is 4.79 Å². The number of carbonyl (C=O) groups is 1. The fourth-order valence-corrected chi connectivity index (χ4v) is 1.96. The molecule has 0 radical (unpaired) electrons. The lowest BCUT2D eigenvalue weighted by atomic mass is 9.79. The highest BCUT2D eigenvalue weighted by molar-refractivity contribution is 5.96. The molecule has 0 saturated heterocycles. The molecule has 3 heteroatoms. The zero-order chi connectivity index (χ0) is 11.1. The molecule has 80 valence electrons. The van der Waals surface area contributed by atoms with Gasteiger partial charge < -0.3 is 10.5 Å². The first-order chi connectivity index (χ1) is 7.02. The summed E-state index contributed by atoms with van der Waals surface area (Å²) in [6.45, 7) is 4.95. The molecule has 2 rings (SSSR count). The Balaban J connectivity index is 2.61. The lowest BCUT2D eigenvalue weighted by Crippen LogP contribution is -2.28. The topological polar surface area (TPSA) is 52.3 Å². The molecular formula is C12H15NO2. The number of benzene rings is 1. The van der Waals surface area contributed by atoms with Gasteiger partial charge in [0.05, 0.1) is 12.2 Å². The average Bonchev–Trinajstić information content (AvgIpc) is 2.16. The molecule has 1 amide bonds. The zero-order valence-corrected chi connectivity index (χ0v) is 9.04. The summed E-state index contributed by atoms with van der Waals surface area (Å²) in [5.41, 5.74) is 6.92. The number of primary amides is 1. The molecule has 3 nitrogen and oxygen atoms in total. The third-order valence-electron chi connectivity index (χ3n) is 2.98. The van der Waals surface area contributed by atoms with E-state index in [0.717, 1.165) is 12.0 Å². The van der Waals surface area contributed by atoms with E-state index in [2.05, 4.69) is 13.8 Å². The predicted octanol–water partition coefficient (Wildman–Crippen LogP) is 1.85. The third-order valence-corrected chi connectivity index (χ3v) is 2.98. The Morgan fingerprint density at radius 2 is 2.20 bits per heavy atom. The van der Waals surface area contributed by atoms with Crippen LogP contribution in [-0.2, 0) is 5.41 Å². The maximum atomic E-state index is 11.2. The summed E-state index contributed by atoms with van der Waals surface area (Å²) in [4.78, 5) is 11.2. The molecule has 1 aromatic rings. The molecule has 0 saturated carbocycles. The van der Waals surface area contributed by atoms with Gasteiger partial charge in [0, 0.05) is 5.56 Å². The maximum absolute atomic E-state index is 11.2. The third kappa shape index (κ3) is 1.58. The highest BCUT2D eigenvalue weighted by Gasteiger charge is 2.30. The van der Waals surface area contributed by atoms with Crippen molar-refractivity contribution in [2.24, 2.45) is 5.73 Å². The molecule has 2 N–H and O–H groups in total. The smallest absolute Gasteiger partial charge is 0.252 e. The number of rotatable bonds is 1. The van der Waals surface area contributed by atoms with E-state index >= 15 is 0 Å². The van der Waals surface area contributed by atoms with Crippen LogP contribution in [-0.4, -0.2) is 12.5 Å². The number of ether oxygens (including phenoxy) is 1. The van der Waals surface area contributed by atoms with Crippen molar-refractivity contribution >= 4 is 5.91 Å². The largest absolute Gasteiger partial charge is 0.492 e. The van der Waals surface area contributed by atoms with Crippen LogP contribution in [0, 0.1) is 0 Å². The number of hydrogen-bond donors (Lipinski definition) is 1. The quantitative estimate of drug-likeness (QED) is 0.760. The maximum Gasteiger partial charge on any atom is 0.252 e. The molecule has 1 aliphatic rings. The van der Waals surface area contributed by atoms with Crippen LogP contribution in [0.15, 0.2) is 18.2 Å². The predicted molar refractivity (Wildman–Crippen MR) is 58.1 cm³/mol. The zero-order valence-electron chi connectivity index (χ0n) is 9.04. The van der Waals surface area contributed by atoms with Crippen molar-refractivity contribution in [3.05, 3.63) is 29.3 Å². The van der Waals surface area contributed by atoms with Gasteiger partial charge in [0.15, 0.2) is 0 Å². The number of hydrogen-bond acceptors (Lipinski definition) is 2. The van der Waals surface area contributed by atoms with Gasteiger partial charge in [-0.1, -0.05) is 26.0 Å². The minimum Gasteiger partial charge on any atom is -0.492 e. The number of fused-ring (bicyclic) bond motifs is 1. The van der Waals surface area contributed by atoms with E-state index in [-0.39, 0.29) is 5.41 Å². The summed E-state index contributed by atoms with van der Waals surface area (Å²) in [6.07, 6.45) is 0.961. The van der Waals surface area contributed by atoms with Crippen LogP contribution >= 0.6 is 0 Å². The minimum atomic E-state index is -0.426. The van der Waals surface area contributed by atoms with Gasteiger partial charge in [-0.25, -0.2) is 0 Å². The summed E-state index contributed by atoms with van der Waals surface area (Å²) in [6, 6.07) is 5.57. The summed E-state index contributed by atoms with van der Waals surface area (Å²) >= 11 is 0. The van der Waals surface area contributed by atoms with Crippen molar-refractivity contribution < 1.29 is 9.53 Å². The van der Waals surface area contributed by atoms with Gasteiger partial charge in [0.2, 0.25) is 0 Å². The first-order valence-corrected chi connectivity index (χ1v) is 5.08. The Morgan fingerprint density at radius 1 is 1.47 bits per heavy atom. The SMILES string of the molecule is CC1(C)CCOc2c(C(N)=O)cccc21. The van der Waals surface area contributed by atoms with Crippen LogP contribution in [0.4, 0.5) is 0 Å². The van der Waals surface area contributed by atoms with Gasteiger partial charge in [-0.3, -0.25) is 4.79 Å². The van der Waals surface area contributed by atoms with Crippen molar-refractivity contribution in [2.45, 2.75) is 25.7 Å². The summed E-state index contributed by atoms with van der Waals surface area (Å²) < 4.78 is 5.55. The molecule has 1 aromatic carbocycles. The molecule has 0 unspecified atom stereocenters. The van der Waals surface area contributed by atoms with Crippen LogP contribution in [0.2, 0.25) is 0 Å². The molecule has 1 heterocycles. The van der Waals surface area contributed by atoms with Crippen molar-refractivity contribution in [1.29, 1.82) is 0 Å². The highest BCUT2D eigenvalue weighted by Crippen LogP contribution is 2.39.